The van der Waals surface area contributed by atoms with Gasteiger partial charge in [0.25, 0.3) is 0 Å². The third-order valence-corrected chi connectivity index (χ3v) is 2.46. The van der Waals surface area contributed by atoms with Crippen molar-refractivity contribution in [1.29, 1.82) is 0 Å². The van der Waals surface area contributed by atoms with Crippen molar-refractivity contribution < 1.29 is 0 Å². The molecule has 0 aliphatic carbocycles. The normalized spacial score (nSPS) is 14.5. The van der Waals surface area contributed by atoms with Crippen LogP contribution in [0.1, 0.15) is 5.56 Å². The van der Waals surface area contributed by atoms with E-state index < -0.39 is 0 Å². The van der Waals surface area contributed by atoms with E-state index in [2.05, 4.69) is 52.7 Å². The lowest BCUT2D eigenvalue weighted by Crippen LogP contribution is -1.87. The standard InChI is InChI=1S/C9H8IN/c1-6-4-7-2-3-8(10)5-9(7)11-6/h2-3,5,11H,1,4H2. The summed E-state index contributed by atoms with van der Waals surface area (Å²) in [4.78, 5) is 0. The van der Waals surface area contributed by atoms with E-state index >= 15 is 0 Å². The Balaban J connectivity index is 2.51. The van der Waals surface area contributed by atoms with Crippen LogP contribution in [0, 0.1) is 3.57 Å². The zero-order chi connectivity index (χ0) is 7.84. The third kappa shape index (κ3) is 1.27. The maximum Gasteiger partial charge on any atom is 0.0428 e. The predicted molar refractivity (Wildman–Crippen MR) is 55.6 cm³/mol. The van der Waals surface area contributed by atoms with Gasteiger partial charge in [0, 0.05) is 21.4 Å². The second-order valence-electron chi connectivity index (χ2n) is 2.71. The number of fused-ring (bicyclic) bond motifs is 1. The average Bonchev–Trinajstić information content (AvgIpc) is 2.27. The topological polar surface area (TPSA) is 12.0 Å². The molecule has 0 unspecified atom stereocenters. The Morgan fingerprint density at radius 2 is 2.27 bits per heavy atom. The highest BCUT2D eigenvalue weighted by Gasteiger charge is 2.11. The summed E-state index contributed by atoms with van der Waals surface area (Å²) >= 11 is 2.31. The summed E-state index contributed by atoms with van der Waals surface area (Å²) in [5, 5.41) is 3.24. The molecule has 0 spiro atoms. The van der Waals surface area contributed by atoms with Crippen molar-refractivity contribution >= 4 is 28.3 Å². The van der Waals surface area contributed by atoms with Crippen molar-refractivity contribution in [3.05, 3.63) is 39.6 Å². The largest absolute Gasteiger partial charge is 0.359 e. The highest BCUT2D eigenvalue weighted by Crippen LogP contribution is 2.28. The van der Waals surface area contributed by atoms with Gasteiger partial charge in [-0.3, -0.25) is 0 Å². The first-order valence-electron chi connectivity index (χ1n) is 3.49. The van der Waals surface area contributed by atoms with Gasteiger partial charge in [-0.15, -0.1) is 0 Å². The van der Waals surface area contributed by atoms with Crippen molar-refractivity contribution in [1.82, 2.24) is 0 Å². The van der Waals surface area contributed by atoms with Crippen LogP contribution in [0.2, 0.25) is 0 Å². The molecule has 1 heterocycles. The molecular formula is C9H8IN. The van der Waals surface area contributed by atoms with Crippen molar-refractivity contribution in [3.63, 3.8) is 0 Å². The van der Waals surface area contributed by atoms with Gasteiger partial charge >= 0.3 is 0 Å². The van der Waals surface area contributed by atoms with E-state index in [1.165, 1.54) is 14.8 Å². The lowest BCUT2D eigenvalue weighted by Gasteiger charge is -1.98. The van der Waals surface area contributed by atoms with Gasteiger partial charge in [0.2, 0.25) is 0 Å². The SMILES string of the molecule is C=C1Cc2ccc(I)cc2N1. The molecule has 2 heteroatoms. The third-order valence-electron chi connectivity index (χ3n) is 1.79. The summed E-state index contributed by atoms with van der Waals surface area (Å²) in [5.41, 5.74) is 3.68. The quantitative estimate of drug-likeness (QED) is 0.704. The molecule has 2 rings (SSSR count). The molecule has 0 saturated heterocycles. The fourth-order valence-electron chi connectivity index (χ4n) is 1.28. The summed E-state index contributed by atoms with van der Waals surface area (Å²) in [6, 6.07) is 6.43. The molecule has 1 aliphatic rings. The molecule has 0 aromatic heterocycles. The minimum Gasteiger partial charge on any atom is -0.359 e. The lowest BCUT2D eigenvalue weighted by molar-refractivity contribution is 1.26. The second kappa shape index (κ2) is 2.52. The highest BCUT2D eigenvalue weighted by molar-refractivity contribution is 14.1. The van der Waals surface area contributed by atoms with E-state index in [0.717, 1.165) is 12.1 Å². The van der Waals surface area contributed by atoms with Crippen LogP contribution >= 0.6 is 22.6 Å². The average molecular weight is 257 g/mol. The van der Waals surface area contributed by atoms with Crippen LogP contribution in [-0.2, 0) is 6.42 Å². The van der Waals surface area contributed by atoms with Gasteiger partial charge in [0.05, 0.1) is 0 Å². The van der Waals surface area contributed by atoms with Crippen molar-refractivity contribution in [2.75, 3.05) is 5.32 Å². The van der Waals surface area contributed by atoms with Gasteiger partial charge in [-0.25, -0.2) is 0 Å². The monoisotopic (exact) mass is 257 g/mol. The lowest BCUT2D eigenvalue weighted by atomic mass is 10.2. The first kappa shape index (κ1) is 7.16. The molecule has 0 amide bonds. The van der Waals surface area contributed by atoms with Gasteiger partial charge in [-0.1, -0.05) is 12.6 Å². The molecular weight excluding hydrogens is 249 g/mol. The number of benzene rings is 1. The number of rotatable bonds is 0. The molecule has 11 heavy (non-hydrogen) atoms. The molecule has 0 saturated carbocycles. The second-order valence-corrected chi connectivity index (χ2v) is 3.95. The molecule has 0 bridgehead atoms. The zero-order valence-corrected chi connectivity index (χ0v) is 8.18. The van der Waals surface area contributed by atoms with Crippen molar-refractivity contribution in [2.45, 2.75) is 6.42 Å². The van der Waals surface area contributed by atoms with Gasteiger partial charge in [0.1, 0.15) is 0 Å². The van der Waals surface area contributed by atoms with E-state index in [-0.39, 0.29) is 0 Å². The first-order valence-corrected chi connectivity index (χ1v) is 4.57. The number of allylic oxidation sites excluding steroid dienone is 1. The van der Waals surface area contributed by atoms with Gasteiger partial charge in [-0.2, -0.15) is 0 Å². The Hall–Kier alpha value is -0.510. The molecule has 1 nitrogen and oxygen atoms in total. The zero-order valence-electron chi connectivity index (χ0n) is 6.02. The summed E-state index contributed by atoms with van der Waals surface area (Å²) in [6.07, 6.45) is 0.978. The molecule has 1 N–H and O–H groups in total. The Bertz CT molecular complexity index is 317. The number of hydrogen-bond acceptors (Lipinski definition) is 1. The molecule has 1 aliphatic heterocycles. The molecule has 1 aromatic rings. The van der Waals surface area contributed by atoms with Gasteiger partial charge < -0.3 is 5.32 Å². The van der Waals surface area contributed by atoms with Crippen LogP contribution in [0.3, 0.4) is 0 Å². The summed E-state index contributed by atoms with van der Waals surface area (Å²) in [7, 11) is 0. The number of nitrogens with one attached hydrogen (secondary N) is 1. The summed E-state index contributed by atoms with van der Waals surface area (Å²) in [5.74, 6) is 0. The predicted octanol–water partition coefficient (Wildman–Crippen LogP) is 2.77. The van der Waals surface area contributed by atoms with Crippen LogP contribution in [0.5, 0.6) is 0 Å². The van der Waals surface area contributed by atoms with Crippen molar-refractivity contribution in [3.8, 4) is 0 Å². The first-order chi connectivity index (χ1) is 5.25. The van der Waals surface area contributed by atoms with Gasteiger partial charge in [-0.05, 0) is 40.3 Å². The fraction of sp³-hybridized carbons (Fsp3) is 0.111. The summed E-state index contributed by atoms with van der Waals surface area (Å²) in [6.45, 7) is 3.88. The smallest absolute Gasteiger partial charge is 0.0428 e. The van der Waals surface area contributed by atoms with Crippen LogP contribution in [0.4, 0.5) is 5.69 Å². The molecule has 0 atom stereocenters. The minimum atomic E-state index is 0.978. The Kier molecular flexibility index (Phi) is 1.64. The van der Waals surface area contributed by atoms with E-state index in [1.807, 2.05) is 0 Å². The van der Waals surface area contributed by atoms with E-state index in [4.69, 9.17) is 0 Å². The number of hydrogen-bond donors (Lipinski definition) is 1. The Labute approximate surface area is 79.6 Å². The maximum atomic E-state index is 3.88. The molecule has 0 radical (unpaired) electrons. The maximum absolute atomic E-state index is 3.88. The van der Waals surface area contributed by atoms with E-state index in [0.29, 0.717) is 0 Å². The highest BCUT2D eigenvalue weighted by atomic mass is 127. The number of anilines is 1. The number of halogens is 1. The molecule has 0 fully saturated rings. The Morgan fingerprint density at radius 3 is 3.09 bits per heavy atom. The van der Waals surface area contributed by atoms with Crippen LogP contribution < -0.4 is 5.32 Å². The molecule has 1 aromatic carbocycles. The van der Waals surface area contributed by atoms with E-state index in [1.54, 1.807) is 0 Å². The van der Waals surface area contributed by atoms with Crippen molar-refractivity contribution in [2.24, 2.45) is 0 Å². The molecule has 56 valence electrons. The summed E-state index contributed by atoms with van der Waals surface area (Å²) < 4.78 is 1.27. The van der Waals surface area contributed by atoms with Crippen LogP contribution in [0.25, 0.3) is 0 Å². The van der Waals surface area contributed by atoms with Gasteiger partial charge in [0.15, 0.2) is 0 Å². The Morgan fingerprint density at radius 1 is 1.45 bits per heavy atom. The van der Waals surface area contributed by atoms with Crippen LogP contribution in [-0.4, -0.2) is 0 Å². The van der Waals surface area contributed by atoms with Crippen LogP contribution in [0.15, 0.2) is 30.5 Å². The van der Waals surface area contributed by atoms with E-state index in [9.17, 15) is 0 Å². The minimum absolute atomic E-state index is 0.978. The fourth-order valence-corrected chi connectivity index (χ4v) is 1.77.